The van der Waals surface area contributed by atoms with Crippen LogP contribution in [0.25, 0.3) is 0 Å². The largest absolute Gasteiger partial charge is 0.297 e. The second kappa shape index (κ2) is 5.32. The Hall–Kier alpha value is -0.380. The lowest BCUT2D eigenvalue weighted by Crippen LogP contribution is -2.53. The van der Waals surface area contributed by atoms with Gasteiger partial charge in [0.1, 0.15) is 0 Å². The van der Waals surface area contributed by atoms with Crippen LogP contribution in [0.2, 0.25) is 5.02 Å². The molecular weight excluding hydrogens is 266 g/mol. The van der Waals surface area contributed by atoms with Crippen LogP contribution < -0.4 is 0 Å². The van der Waals surface area contributed by atoms with E-state index in [4.69, 9.17) is 11.6 Å². The standard InChI is InChI=1S/C14H20ClNOS/c1-10-5-4-7-14(9-10,16(2)3)13(17)12-11(15)6-8-18-12/h6,8,10H,4-5,7,9H2,1-3H3. The number of thiophene rings is 1. The molecule has 0 amide bonds. The van der Waals surface area contributed by atoms with Crippen LogP contribution >= 0.6 is 22.9 Å². The molecule has 1 aliphatic rings. The highest BCUT2D eigenvalue weighted by atomic mass is 35.5. The summed E-state index contributed by atoms with van der Waals surface area (Å²) in [5, 5.41) is 2.50. The molecule has 2 nitrogen and oxygen atoms in total. The van der Waals surface area contributed by atoms with E-state index in [0.717, 1.165) is 24.1 Å². The summed E-state index contributed by atoms with van der Waals surface area (Å²) in [6, 6.07) is 1.81. The summed E-state index contributed by atoms with van der Waals surface area (Å²) in [4.78, 5) is 15.7. The number of carbonyl (C=O) groups excluding carboxylic acids is 1. The molecular formula is C14H20ClNOS. The Morgan fingerprint density at radius 3 is 2.78 bits per heavy atom. The molecule has 1 fully saturated rings. The number of halogens is 1. The molecule has 18 heavy (non-hydrogen) atoms. The lowest BCUT2D eigenvalue weighted by Gasteiger charge is -2.43. The fourth-order valence-electron chi connectivity index (χ4n) is 3.01. The van der Waals surface area contributed by atoms with Crippen LogP contribution in [-0.4, -0.2) is 30.3 Å². The van der Waals surface area contributed by atoms with Gasteiger partial charge in [-0.1, -0.05) is 31.4 Å². The first-order valence-electron chi connectivity index (χ1n) is 6.42. The Balaban J connectivity index is 2.36. The van der Waals surface area contributed by atoms with Gasteiger partial charge in [-0.3, -0.25) is 9.69 Å². The first-order valence-corrected chi connectivity index (χ1v) is 7.68. The van der Waals surface area contributed by atoms with E-state index in [-0.39, 0.29) is 11.3 Å². The Kier molecular flexibility index (Phi) is 4.15. The molecule has 0 aliphatic heterocycles. The van der Waals surface area contributed by atoms with Gasteiger partial charge in [0.25, 0.3) is 0 Å². The Morgan fingerprint density at radius 1 is 1.56 bits per heavy atom. The molecule has 0 spiro atoms. The summed E-state index contributed by atoms with van der Waals surface area (Å²) in [5.41, 5.74) is -0.355. The summed E-state index contributed by atoms with van der Waals surface area (Å²) in [7, 11) is 4.02. The number of likely N-dealkylation sites (N-methyl/N-ethyl adjacent to an activating group) is 1. The first-order chi connectivity index (χ1) is 8.47. The van der Waals surface area contributed by atoms with Gasteiger partial charge in [0.2, 0.25) is 0 Å². The Labute approximate surface area is 118 Å². The topological polar surface area (TPSA) is 20.3 Å². The molecule has 0 aromatic carbocycles. The zero-order chi connectivity index (χ0) is 13.3. The zero-order valence-electron chi connectivity index (χ0n) is 11.2. The average molecular weight is 286 g/mol. The molecule has 2 unspecified atom stereocenters. The number of carbonyl (C=O) groups is 1. The third-order valence-electron chi connectivity index (χ3n) is 4.08. The van der Waals surface area contributed by atoms with Crippen LogP contribution in [0.3, 0.4) is 0 Å². The van der Waals surface area contributed by atoms with E-state index in [1.54, 1.807) is 0 Å². The van der Waals surface area contributed by atoms with Crippen molar-refractivity contribution in [3.05, 3.63) is 21.3 Å². The third kappa shape index (κ3) is 2.36. The summed E-state index contributed by atoms with van der Waals surface area (Å²) >= 11 is 7.59. The molecule has 4 heteroatoms. The highest BCUT2D eigenvalue weighted by Gasteiger charge is 2.44. The van der Waals surface area contributed by atoms with Crippen LogP contribution in [0.4, 0.5) is 0 Å². The lowest BCUT2D eigenvalue weighted by molar-refractivity contribution is 0.0491. The van der Waals surface area contributed by atoms with Gasteiger partial charge in [-0.05, 0) is 44.3 Å². The number of Topliss-reactive ketones (excluding diaryl/α,β-unsaturated/α-hetero) is 1. The monoisotopic (exact) mass is 285 g/mol. The predicted molar refractivity (Wildman–Crippen MR) is 77.7 cm³/mol. The van der Waals surface area contributed by atoms with Crippen molar-refractivity contribution in [1.82, 2.24) is 4.90 Å². The molecule has 1 aromatic heterocycles. The number of nitrogens with zero attached hydrogens (tertiary/aromatic N) is 1. The third-order valence-corrected chi connectivity index (χ3v) is 5.42. The Morgan fingerprint density at radius 2 is 2.28 bits per heavy atom. The van der Waals surface area contributed by atoms with Crippen LogP contribution in [0.15, 0.2) is 11.4 Å². The highest BCUT2D eigenvalue weighted by Crippen LogP contribution is 2.40. The quantitative estimate of drug-likeness (QED) is 0.780. The summed E-state index contributed by atoms with van der Waals surface area (Å²) in [6.45, 7) is 2.24. The zero-order valence-corrected chi connectivity index (χ0v) is 12.8. The van der Waals surface area contributed by atoms with Gasteiger partial charge in [-0.25, -0.2) is 0 Å². The normalized spacial score (nSPS) is 28.6. The van der Waals surface area contributed by atoms with E-state index < -0.39 is 0 Å². The van der Waals surface area contributed by atoms with E-state index in [1.807, 2.05) is 25.5 Å². The summed E-state index contributed by atoms with van der Waals surface area (Å²) in [6.07, 6.45) is 4.22. The van der Waals surface area contributed by atoms with Gasteiger partial charge >= 0.3 is 0 Å². The van der Waals surface area contributed by atoms with E-state index in [2.05, 4.69) is 11.8 Å². The fraction of sp³-hybridized carbons (Fsp3) is 0.643. The van der Waals surface area contributed by atoms with Gasteiger partial charge in [0.05, 0.1) is 15.4 Å². The van der Waals surface area contributed by atoms with Crippen molar-refractivity contribution in [2.24, 2.45) is 5.92 Å². The van der Waals surface area contributed by atoms with Crippen LogP contribution in [0.5, 0.6) is 0 Å². The lowest BCUT2D eigenvalue weighted by atomic mass is 9.73. The maximum absolute atomic E-state index is 12.9. The molecule has 1 saturated carbocycles. The van der Waals surface area contributed by atoms with Crippen molar-refractivity contribution in [3.63, 3.8) is 0 Å². The molecule has 0 bridgehead atoms. The van der Waals surface area contributed by atoms with Gasteiger partial charge in [-0.15, -0.1) is 11.3 Å². The smallest absolute Gasteiger partial charge is 0.194 e. The van der Waals surface area contributed by atoms with Crippen molar-refractivity contribution in [3.8, 4) is 0 Å². The fourth-order valence-corrected chi connectivity index (χ4v) is 4.18. The minimum absolute atomic E-state index is 0.207. The molecule has 1 aromatic rings. The van der Waals surface area contributed by atoms with E-state index in [0.29, 0.717) is 10.9 Å². The second-order valence-electron chi connectivity index (χ2n) is 5.55. The second-order valence-corrected chi connectivity index (χ2v) is 6.88. The Bertz CT molecular complexity index is 443. The molecule has 2 rings (SSSR count). The molecule has 1 heterocycles. The van der Waals surface area contributed by atoms with Crippen molar-refractivity contribution in [2.45, 2.75) is 38.1 Å². The van der Waals surface area contributed by atoms with Crippen molar-refractivity contribution in [2.75, 3.05) is 14.1 Å². The van der Waals surface area contributed by atoms with Gasteiger partial charge in [0.15, 0.2) is 5.78 Å². The van der Waals surface area contributed by atoms with Gasteiger partial charge in [-0.2, -0.15) is 0 Å². The summed E-state index contributed by atoms with van der Waals surface area (Å²) in [5.74, 6) is 0.808. The van der Waals surface area contributed by atoms with Crippen LogP contribution in [-0.2, 0) is 0 Å². The van der Waals surface area contributed by atoms with E-state index >= 15 is 0 Å². The summed E-state index contributed by atoms with van der Waals surface area (Å²) < 4.78 is 0. The van der Waals surface area contributed by atoms with E-state index in [9.17, 15) is 4.79 Å². The van der Waals surface area contributed by atoms with Gasteiger partial charge < -0.3 is 0 Å². The molecule has 0 saturated heterocycles. The predicted octanol–water partition coefficient (Wildman–Crippen LogP) is 4.09. The average Bonchev–Trinajstić information content (AvgIpc) is 2.74. The maximum Gasteiger partial charge on any atom is 0.194 e. The molecule has 1 aliphatic carbocycles. The number of ketones is 1. The van der Waals surface area contributed by atoms with Crippen LogP contribution in [0.1, 0.15) is 42.3 Å². The molecule has 0 N–H and O–H groups in total. The maximum atomic E-state index is 12.9. The van der Waals surface area contributed by atoms with Crippen molar-refractivity contribution >= 4 is 28.7 Å². The molecule has 2 atom stereocenters. The highest BCUT2D eigenvalue weighted by molar-refractivity contribution is 7.12. The van der Waals surface area contributed by atoms with Gasteiger partial charge in [0, 0.05) is 0 Å². The SMILES string of the molecule is CC1CCCC(C(=O)c2sccc2Cl)(N(C)C)C1. The molecule has 100 valence electrons. The van der Waals surface area contributed by atoms with E-state index in [1.165, 1.54) is 17.8 Å². The van der Waals surface area contributed by atoms with Crippen molar-refractivity contribution < 1.29 is 4.79 Å². The van der Waals surface area contributed by atoms with Crippen LogP contribution in [0, 0.1) is 5.92 Å². The minimum atomic E-state index is -0.355. The molecule has 0 radical (unpaired) electrons. The first kappa shape index (κ1) is 14.0. The number of hydrogen-bond donors (Lipinski definition) is 0. The number of rotatable bonds is 3. The van der Waals surface area contributed by atoms with Crippen molar-refractivity contribution in [1.29, 1.82) is 0 Å². The minimum Gasteiger partial charge on any atom is -0.297 e. The number of hydrogen-bond acceptors (Lipinski definition) is 3.